The molecule has 3 heteroatoms. The number of rotatable bonds is 2. The van der Waals surface area contributed by atoms with Gasteiger partial charge >= 0.3 is 0 Å². The molecule has 0 aromatic carbocycles. The maximum Gasteiger partial charge on any atom is 0.0630 e. The van der Waals surface area contributed by atoms with Crippen molar-refractivity contribution in [3.63, 3.8) is 0 Å². The predicted molar refractivity (Wildman–Crippen MR) is 49.6 cm³/mol. The monoisotopic (exact) mass is 178 g/mol. The highest BCUT2D eigenvalue weighted by Crippen LogP contribution is 2.48. The van der Waals surface area contributed by atoms with Gasteiger partial charge in [-0.1, -0.05) is 6.92 Å². The van der Waals surface area contributed by atoms with Gasteiger partial charge < -0.3 is 5.11 Å². The lowest BCUT2D eigenvalue weighted by atomic mass is 10.1. The Morgan fingerprint density at radius 3 is 2.40 bits per heavy atom. The van der Waals surface area contributed by atoms with E-state index in [0.717, 1.165) is 0 Å². The molecule has 1 aliphatic heterocycles. The molecular weight excluding hydrogens is 164 g/mol. The van der Waals surface area contributed by atoms with Crippen molar-refractivity contribution in [2.75, 3.05) is 18.1 Å². The summed E-state index contributed by atoms with van der Waals surface area (Å²) in [7, 11) is 0. The summed E-state index contributed by atoms with van der Waals surface area (Å²) in [6.45, 7) is 4.66. The molecule has 60 valence electrons. The average molecular weight is 178 g/mol. The van der Waals surface area contributed by atoms with Crippen LogP contribution in [0.4, 0.5) is 0 Å². The quantitative estimate of drug-likeness (QED) is 0.696. The van der Waals surface area contributed by atoms with E-state index in [2.05, 4.69) is 13.8 Å². The minimum atomic E-state index is 0.286. The van der Waals surface area contributed by atoms with Crippen LogP contribution in [0.3, 0.4) is 0 Å². The highest BCUT2D eigenvalue weighted by Gasteiger charge is 2.35. The summed E-state index contributed by atoms with van der Waals surface area (Å²) in [6.07, 6.45) is 0. The lowest BCUT2D eigenvalue weighted by Crippen LogP contribution is -2.25. The second-order valence-electron chi connectivity index (χ2n) is 2.80. The molecule has 1 N–H and O–H groups in total. The van der Waals surface area contributed by atoms with Gasteiger partial charge in [0, 0.05) is 24.0 Å². The largest absolute Gasteiger partial charge is 0.396 e. The summed E-state index contributed by atoms with van der Waals surface area (Å²) in [6, 6.07) is 0. The fourth-order valence-corrected chi connectivity index (χ4v) is 4.01. The maximum absolute atomic E-state index is 8.93. The van der Waals surface area contributed by atoms with Crippen molar-refractivity contribution in [1.29, 1.82) is 0 Å². The molecule has 1 unspecified atom stereocenters. The Balaban J connectivity index is 2.49. The van der Waals surface area contributed by atoms with Gasteiger partial charge in [0.1, 0.15) is 0 Å². The van der Waals surface area contributed by atoms with E-state index in [4.69, 9.17) is 5.11 Å². The molecule has 1 aliphatic rings. The van der Waals surface area contributed by atoms with E-state index < -0.39 is 0 Å². The van der Waals surface area contributed by atoms with Crippen LogP contribution in [0.15, 0.2) is 0 Å². The number of hydrogen-bond acceptors (Lipinski definition) is 3. The topological polar surface area (TPSA) is 20.2 Å². The van der Waals surface area contributed by atoms with E-state index in [1.807, 2.05) is 23.5 Å². The van der Waals surface area contributed by atoms with Gasteiger partial charge in [-0.25, -0.2) is 0 Å². The lowest BCUT2D eigenvalue weighted by Gasteiger charge is -2.27. The van der Waals surface area contributed by atoms with E-state index in [-0.39, 0.29) is 4.08 Å². The zero-order chi connectivity index (χ0) is 7.61. The van der Waals surface area contributed by atoms with Gasteiger partial charge in [-0.2, -0.15) is 0 Å². The SMILES string of the molecule is CC(CO)C1(C)SCCS1. The fourth-order valence-electron chi connectivity index (χ4n) is 0.981. The van der Waals surface area contributed by atoms with Crippen LogP contribution >= 0.6 is 23.5 Å². The minimum absolute atomic E-state index is 0.286. The third kappa shape index (κ3) is 1.63. The molecule has 1 atom stereocenters. The van der Waals surface area contributed by atoms with E-state index in [0.29, 0.717) is 12.5 Å². The Bertz CT molecular complexity index is 110. The Kier molecular flexibility index (Phi) is 2.95. The number of aliphatic hydroxyl groups excluding tert-OH is 1. The summed E-state index contributed by atoms with van der Waals surface area (Å²) in [4.78, 5) is 0. The Morgan fingerprint density at radius 1 is 1.50 bits per heavy atom. The second kappa shape index (κ2) is 3.37. The average Bonchev–Trinajstić information content (AvgIpc) is 2.36. The number of aliphatic hydroxyl groups is 1. The summed E-state index contributed by atoms with van der Waals surface area (Å²) < 4.78 is 0.286. The number of hydrogen-bond donors (Lipinski definition) is 1. The smallest absolute Gasteiger partial charge is 0.0630 e. The summed E-state index contributed by atoms with van der Waals surface area (Å²) in [5, 5.41) is 8.93. The third-order valence-corrected chi connectivity index (χ3v) is 5.76. The predicted octanol–water partition coefficient (Wildman–Crippen LogP) is 1.81. The third-order valence-electron chi connectivity index (χ3n) is 2.03. The Morgan fingerprint density at radius 2 is 2.00 bits per heavy atom. The van der Waals surface area contributed by atoms with Crippen LogP contribution in [0.2, 0.25) is 0 Å². The molecular formula is C7H14OS2. The molecule has 0 aromatic rings. The molecule has 1 rings (SSSR count). The van der Waals surface area contributed by atoms with Crippen molar-refractivity contribution in [3.05, 3.63) is 0 Å². The lowest BCUT2D eigenvalue weighted by molar-refractivity contribution is 0.232. The van der Waals surface area contributed by atoms with Crippen molar-refractivity contribution in [3.8, 4) is 0 Å². The van der Waals surface area contributed by atoms with E-state index >= 15 is 0 Å². The second-order valence-corrected chi connectivity index (χ2v) is 6.14. The number of thioether (sulfide) groups is 2. The van der Waals surface area contributed by atoms with Crippen LogP contribution in [-0.4, -0.2) is 27.3 Å². The molecule has 1 fully saturated rings. The molecule has 0 spiro atoms. The first-order valence-corrected chi connectivity index (χ1v) is 5.55. The van der Waals surface area contributed by atoms with Gasteiger partial charge in [0.05, 0.1) is 4.08 Å². The van der Waals surface area contributed by atoms with E-state index in [1.54, 1.807) is 0 Å². The Hall–Kier alpha value is 0.660. The van der Waals surface area contributed by atoms with Crippen molar-refractivity contribution in [1.82, 2.24) is 0 Å². The van der Waals surface area contributed by atoms with Crippen LogP contribution in [-0.2, 0) is 0 Å². The van der Waals surface area contributed by atoms with Crippen LogP contribution in [0.5, 0.6) is 0 Å². The first-order valence-electron chi connectivity index (χ1n) is 3.58. The molecule has 0 aromatic heterocycles. The fraction of sp³-hybridized carbons (Fsp3) is 1.00. The van der Waals surface area contributed by atoms with Crippen LogP contribution in [0, 0.1) is 5.92 Å². The van der Waals surface area contributed by atoms with Gasteiger partial charge in [-0.3, -0.25) is 0 Å². The summed E-state index contributed by atoms with van der Waals surface area (Å²) >= 11 is 3.96. The molecule has 0 aliphatic carbocycles. The zero-order valence-electron chi connectivity index (χ0n) is 6.46. The van der Waals surface area contributed by atoms with Gasteiger partial charge in [-0.05, 0) is 6.92 Å². The highest BCUT2D eigenvalue weighted by atomic mass is 32.2. The standard InChI is InChI=1S/C7H14OS2/c1-6(5-8)7(2)9-3-4-10-7/h6,8H,3-5H2,1-2H3. The highest BCUT2D eigenvalue weighted by molar-refractivity contribution is 8.21. The van der Waals surface area contributed by atoms with Gasteiger partial charge in [0.15, 0.2) is 0 Å². The molecule has 0 saturated carbocycles. The van der Waals surface area contributed by atoms with Gasteiger partial charge in [0.2, 0.25) is 0 Å². The van der Waals surface area contributed by atoms with Crippen LogP contribution < -0.4 is 0 Å². The van der Waals surface area contributed by atoms with Crippen molar-refractivity contribution in [2.45, 2.75) is 17.9 Å². The Labute approximate surface area is 71.0 Å². The van der Waals surface area contributed by atoms with Crippen molar-refractivity contribution in [2.24, 2.45) is 5.92 Å². The first-order chi connectivity index (χ1) is 4.69. The first kappa shape index (κ1) is 8.75. The van der Waals surface area contributed by atoms with Gasteiger partial charge in [-0.15, -0.1) is 23.5 Å². The molecule has 0 radical (unpaired) electrons. The van der Waals surface area contributed by atoms with E-state index in [9.17, 15) is 0 Å². The van der Waals surface area contributed by atoms with Crippen LogP contribution in [0.1, 0.15) is 13.8 Å². The van der Waals surface area contributed by atoms with Crippen molar-refractivity contribution >= 4 is 23.5 Å². The minimum Gasteiger partial charge on any atom is -0.396 e. The molecule has 1 nitrogen and oxygen atoms in total. The molecule has 0 bridgehead atoms. The summed E-state index contributed by atoms with van der Waals surface area (Å²) in [5.41, 5.74) is 0. The molecule has 1 heterocycles. The van der Waals surface area contributed by atoms with Crippen molar-refractivity contribution < 1.29 is 5.11 Å². The summed E-state index contributed by atoms with van der Waals surface area (Å²) in [5.74, 6) is 2.90. The normalized spacial score (nSPS) is 26.7. The maximum atomic E-state index is 8.93. The van der Waals surface area contributed by atoms with Crippen LogP contribution in [0.25, 0.3) is 0 Å². The molecule has 10 heavy (non-hydrogen) atoms. The molecule has 0 amide bonds. The molecule has 1 saturated heterocycles. The van der Waals surface area contributed by atoms with Gasteiger partial charge in [0.25, 0.3) is 0 Å². The van der Waals surface area contributed by atoms with E-state index in [1.165, 1.54) is 11.5 Å². The zero-order valence-corrected chi connectivity index (χ0v) is 8.10.